The molecule has 0 spiro atoms. The first-order valence-corrected chi connectivity index (χ1v) is 37.5. The Labute approximate surface area is 604 Å². The third-order valence-electron chi connectivity index (χ3n) is 14.5. The number of likely N-dealkylation sites (N-methyl/N-ethyl adjacent to an activating group) is 1. The number of rotatable bonds is 65. The van der Waals surface area contributed by atoms with E-state index in [-0.39, 0.29) is 32.7 Å². The molecule has 1 N–H and O–H groups in total. The Bertz CT molecular complexity index is 2640. The fourth-order valence-electron chi connectivity index (χ4n) is 8.84. The van der Waals surface area contributed by atoms with Crippen molar-refractivity contribution in [2.75, 3.05) is 47.5 Å². The van der Waals surface area contributed by atoms with Gasteiger partial charge in [0.2, 0.25) is 0 Å². The van der Waals surface area contributed by atoms with E-state index in [2.05, 4.69) is 281 Å². The van der Waals surface area contributed by atoms with E-state index in [0.29, 0.717) is 23.9 Å². The second-order valence-corrected chi connectivity index (χ2v) is 24.8. The fourth-order valence-corrected chi connectivity index (χ4v) is 8.84. The average molecular weight is 1360 g/mol. The van der Waals surface area contributed by atoms with Gasteiger partial charge in [-0.1, -0.05) is 294 Å². The topological polar surface area (TPSA) is 108 Å². The van der Waals surface area contributed by atoms with Crippen molar-refractivity contribution in [3.8, 4) is 0 Å². The van der Waals surface area contributed by atoms with Gasteiger partial charge in [0.25, 0.3) is 6.29 Å². The number of aliphatic carboxylic acids is 1. The highest BCUT2D eigenvalue weighted by atomic mass is 16.7. The number of hydrogen-bond donors (Lipinski definition) is 1. The van der Waals surface area contributed by atoms with E-state index in [4.69, 9.17) is 18.9 Å². The van der Waals surface area contributed by atoms with Gasteiger partial charge in [-0.05, 0) is 180 Å². The van der Waals surface area contributed by atoms with Crippen LogP contribution >= 0.6 is 0 Å². The molecular weight excluding hydrogens is 1220 g/mol. The maximum atomic E-state index is 13.0. The van der Waals surface area contributed by atoms with E-state index in [0.717, 1.165) is 180 Å². The molecule has 9 heteroatoms. The zero-order valence-corrected chi connectivity index (χ0v) is 62.3. The van der Waals surface area contributed by atoms with Crippen LogP contribution in [0.25, 0.3) is 0 Å². The Morgan fingerprint density at radius 2 is 0.545 bits per heavy atom. The molecule has 99 heavy (non-hydrogen) atoms. The van der Waals surface area contributed by atoms with Crippen molar-refractivity contribution in [2.45, 2.75) is 232 Å². The lowest BCUT2D eigenvalue weighted by Gasteiger charge is -2.25. The van der Waals surface area contributed by atoms with E-state index in [9.17, 15) is 19.5 Å². The summed E-state index contributed by atoms with van der Waals surface area (Å²) >= 11 is 0. The van der Waals surface area contributed by atoms with Gasteiger partial charge in [0.1, 0.15) is 13.2 Å². The number of ether oxygens (including phenoxy) is 4. The number of carbonyl (C=O) groups is 3. The Morgan fingerprint density at radius 3 is 0.818 bits per heavy atom. The van der Waals surface area contributed by atoms with E-state index in [1.165, 1.54) is 0 Å². The second kappa shape index (κ2) is 76.3. The monoisotopic (exact) mass is 1360 g/mol. The third-order valence-corrected chi connectivity index (χ3v) is 14.5. The highest BCUT2D eigenvalue weighted by Crippen LogP contribution is 2.12. The lowest BCUT2D eigenvalue weighted by molar-refractivity contribution is -0.870. The van der Waals surface area contributed by atoms with Crippen molar-refractivity contribution in [1.82, 2.24) is 0 Å². The van der Waals surface area contributed by atoms with Crippen molar-refractivity contribution in [1.29, 1.82) is 0 Å². The first kappa shape index (κ1) is 91.6. The summed E-state index contributed by atoms with van der Waals surface area (Å²) in [6.45, 7) is 4.52. The largest absolute Gasteiger partial charge is 0.477 e. The number of quaternary nitrogens is 1. The molecule has 9 nitrogen and oxygen atoms in total. The molecule has 546 valence electrons. The smallest absolute Gasteiger partial charge is 0.361 e. The summed E-state index contributed by atoms with van der Waals surface area (Å²) in [6.07, 6.45) is 124. The van der Waals surface area contributed by atoms with Crippen LogP contribution in [-0.4, -0.2) is 87.4 Å². The molecule has 0 aromatic carbocycles. The second-order valence-electron chi connectivity index (χ2n) is 24.8. The molecule has 0 aliphatic carbocycles. The number of unbranched alkanes of at least 4 members (excludes halogenated alkanes) is 6. The van der Waals surface area contributed by atoms with Crippen molar-refractivity contribution in [3.63, 3.8) is 0 Å². The van der Waals surface area contributed by atoms with Gasteiger partial charge < -0.3 is 28.5 Å². The summed E-state index contributed by atoms with van der Waals surface area (Å²) in [5.74, 6) is -2.14. The van der Waals surface area contributed by atoms with Crippen LogP contribution in [0.4, 0.5) is 0 Å². The Morgan fingerprint density at radius 1 is 0.303 bits per heavy atom. The quantitative estimate of drug-likeness (QED) is 0.0211. The van der Waals surface area contributed by atoms with Gasteiger partial charge in [0.05, 0.1) is 34.4 Å². The molecule has 2 atom stereocenters. The van der Waals surface area contributed by atoms with Crippen LogP contribution < -0.4 is 0 Å². The van der Waals surface area contributed by atoms with Crippen molar-refractivity contribution >= 4 is 17.9 Å². The molecule has 0 amide bonds. The summed E-state index contributed by atoms with van der Waals surface area (Å²) in [6, 6.07) is 0. The predicted molar refractivity (Wildman–Crippen MR) is 427 cm³/mol. The number of allylic oxidation sites excluding steroid dienone is 44. The maximum absolute atomic E-state index is 13.0. The van der Waals surface area contributed by atoms with Gasteiger partial charge in [-0.2, -0.15) is 0 Å². The predicted octanol–water partition coefficient (Wildman–Crippen LogP) is 24.4. The van der Waals surface area contributed by atoms with E-state index >= 15 is 0 Å². The van der Waals surface area contributed by atoms with Gasteiger partial charge in [0, 0.05) is 12.8 Å². The molecule has 0 rings (SSSR count). The Hall–Kier alpha value is -7.43. The number of carboxylic acids is 1. The summed E-state index contributed by atoms with van der Waals surface area (Å²) in [4.78, 5) is 37.7. The van der Waals surface area contributed by atoms with Gasteiger partial charge in [0.15, 0.2) is 6.10 Å². The van der Waals surface area contributed by atoms with Gasteiger partial charge >= 0.3 is 17.9 Å². The molecular formula is C90H134NO8+. The highest BCUT2D eigenvalue weighted by molar-refractivity contribution is 5.71. The molecule has 0 radical (unpaired) electrons. The van der Waals surface area contributed by atoms with Crippen molar-refractivity contribution in [2.24, 2.45) is 0 Å². The van der Waals surface area contributed by atoms with Gasteiger partial charge in [-0.25, -0.2) is 4.79 Å². The minimum atomic E-state index is -1.55. The van der Waals surface area contributed by atoms with Gasteiger partial charge in [-0.15, -0.1) is 0 Å². The number of esters is 2. The van der Waals surface area contributed by atoms with Crippen LogP contribution in [0.15, 0.2) is 267 Å². The summed E-state index contributed by atoms with van der Waals surface area (Å²) in [5, 5.41) is 9.76. The average Bonchev–Trinajstić information content (AvgIpc) is 2.62. The number of nitrogens with zero attached hydrogens (tertiary/aromatic N) is 1. The molecule has 2 unspecified atom stereocenters. The first-order valence-electron chi connectivity index (χ1n) is 37.5. The Kier molecular flexibility index (Phi) is 70.6. The van der Waals surface area contributed by atoms with Gasteiger partial charge in [-0.3, -0.25) is 9.59 Å². The number of carbonyl (C=O) groups excluding carboxylic acids is 2. The van der Waals surface area contributed by atoms with Crippen molar-refractivity contribution in [3.05, 3.63) is 267 Å². The zero-order chi connectivity index (χ0) is 71.8. The third kappa shape index (κ3) is 77.8. The molecule has 0 heterocycles. The van der Waals surface area contributed by atoms with Crippen LogP contribution in [0.3, 0.4) is 0 Å². The van der Waals surface area contributed by atoms with E-state index in [1.54, 1.807) is 0 Å². The lowest BCUT2D eigenvalue weighted by Crippen LogP contribution is -2.40. The molecule has 0 fully saturated rings. The lowest BCUT2D eigenvalue weighted by atomic mass is 10.1. The van der Waals surface area contributed by atoms with Crippen LogP contribution in [-0.2, 0) is 33.3 Å². The fraction of sp³-hybridized carbons (Fsp3) is 0.478. The Balaban J connectivity index is 4.34. The number of hydrogen-bond acceptors (Lipinski definition) is 7. The van der Waals surface area contributed by atoms with E-state index in [1.807, 2.05) is 21.1 Å². The molecule has 0 aliphatic heterocycles. The van der Waals surface area contributed by atoms with Crippen LogP contribution in [0.5, 0.6) is 0 Å². The zero-order valence-electron chi connectivity index (χ0n) is 62.3. The SMILES string of the molecule is CC/C=C\C/C=C\C/C=C\C/C=C\C/C=C\C/C=C\C/C=C\C/C=C\C/C=C\C/C=C\C/C=C\C/C=C\CCCCCCC(=O)OC(COC(=O)CCCC/C=C\C/C=C\C/C=C\C/C=C\C/C=C\C/C=C\C/C=C\C/C=C\C/C=C\C/C=C\CC)COC(OCC[N+](C)(C)C)C(=O)O. The van der Waals surface area contributed by atoms with Crippen LogP contribution in [0, 0.1) is 0 Å². The summed E-state index contributed by atoms with van der Waals surface area (Å²) < 4.78 is 22.9. The summed E-state index contributed by atoms with van der Waals surface area (Å²) in [5.41, 5.74) is 0. The van der Waals surface area contributed by atoms with Crippen molar-refractivity contribution < 1.29 is 42.9 Å². The van der Waals surface area contributed by atoms with Crippen LogP contribution in [0.2, 0.25) is 0 Å². The molecule has 0 saturated heterocycles. The highest BCUT2D eigenvalue weighted by Gasteiger charge is 2.25. The molecule has 0 bridgehead atoms. The maximum Gasteiger partial charge on any atom is 0.361 e. The number of carboxylic acid groups (broad SMARTS) is 1. The van der Waals surface area contributed by atoms with Crippen LogP contribution in [0.1, 0.15) is 219 Å². The molecule has 0 aromatic rings. The molecule has 0 aliphatic rings. The first-order chi connectivity index (χ1) is 48.6. The molecule has 0 aromatic heterocycles. The normalized spacial score (nSPS) is 14.2. The summed E-state index contributed by atoms with van der Waals surface area (Å²) in [7, 11) is 5.93. The minimum Gasteiger partial charge on any atom is -0.477 e. The standard InChI is InChI=1S/C90H133NO8/c1-6-8-10-12-14-16-18-20-22-24-26-28-30-32-34-36-38-40-41-42-43-44-45-46-47-49-51-53-55-57-59-61-63-65-67-69-71-73-75-77-79-81-88(93)99-86(85-98-90(89(94)95)96-83-82-91(3,4)5)84-97-87(92)80-78-76-74-72-70-68-66-64-62-60-58-56-54-52-50-48-39-37-35-33-31-29-27-25-23-21-19-17-15-13-11-9-7-2/h8-11,14-17,20-23,26-29,32-35,38-40,42-43,45-46,48-49,51-52,54-55,57-58,60-61,63-64,66-67,69-70,72,86,90H,6-7,12-13,18-19,24-25,30-31,36-37,41,44,47,50,53,56,59,62,65,68,71,73-85H2,1-5H3/p+1/b10-8-,11-9-,16-14-,17-15-,22-20-,23-21-,28-26-,29-27-,34-32-,35-33-,40-38-,43-42-,46-45-,48-39-,51-49-,54-52-,57-55-,60-58-,63-61-,66-64-,69-67-,72-70-. The van der Waals surface area contributed by atoms with E-state index < -0.39 is 30.3 Å². The molecule has 0 saturated carbocycles. The minimum absolute atomic E-state index is 0.159.